The van der Waals surface area contributed by atoms with Crippen LogP contribution in [0.5, 0.6) is 0 Å². The maximum absolute atomic E-state index is 9.26. The molecule has 0 heterocycles. The molecule has 3 nitrogen and oxygen atoms in total. The number of aryl methyl sites for hydroxylation is 1. The van der Waals surface area contributed by atoms with Crippen LogP contribution in [0, 0.1) is 18.3 Å². The molecule has 0 fully saturated rings. The van der Waals surface area contributed by atoms with Gasteiger partial charge in [0.05, 0.1) is 6.07 Å². The Balaban J connectivity index is 2.49. The Morgan fingerprint density at radius 1 is 1.32 bits per heavy atom. The lowest BCUT2D eigenvalue weighted by Gasteiger charge is -2.26. The van der Waals surface area contributed by atoms with Gasteiger partial charge in [0.25, 0.3) is 0 Å². The molecule has 0 saturated carbocycles. The zero-order valence-corrected chi connectivity index (χ0v) is 12.5. The fraction of sp³-hybridized carbons (Fsp3) is 0.562. The van der Waals surface area contributed by atoms with Crippen LogP contribution in [0.15, 0.2) is 24.3 Å². The minimum absolute atomic E-state index is 0.367. The van der Waals surface area contributed by atoms with Crippen molar-refractivity contribution in [2.45, 2.75) is 38.6 Å². The van der Waals surface area contributed by atoms with Crippen molar-refractivity contribution in [1.29, 1.82) is 5.26 Å². The van der Waals surface area contributed by atoms with Gasteiger partial charge in [-0.1, -0.05) is 24.6 Å². The first-order chi connectivity index (χ1) is 9.06. The third kappa shape index (κ3) is 4.25. The van der Waals surface area contributed by atoms with Gasteiger partial charge in [0.15, 0.2) is 0 Å². The van der Waals surface area contributed by atoms with E-state index in [0.717, 1.165) is 25.8 Å². The van der Waals surface area contributed by atoms with E-state index < -0.39 is 0 Å². The quantitative estimate of drug-likeness (QED) is 0.818. The van der Waals surface area contributed by atoms with Crippen molar-refractivity contribution in [3.8, 4) is 6.07 Å². The van der Waals surface area contributed by atoms with Crippen LogP contribution in [0.25, 0.3) is 0 Å². The van der Waals surface area contributed by atoms with E-state index in [2.05, 4.69) is 61.4 Å². The third-order valence-electron chi connectivity index (χ3n) is 3.87. The Morgan fingerprint density at radius 2 is 1.95 bits per heavy atom. The van der Waals surface area contributed by atoms with Crippen LogP contribution in [0.4, 0.5) is 5.69 Å². The van der Waals surface area contributed by atoms with Gasteiger partial charge < -0.3 is 10.2 Å². The molecule has 0 spiro atoms. The Labute approximate surface area is 117 Å². The zero-order valence-electron chi connectivity index (χ0n) is 12.5. The van der Waals surface area contributed by atoms with Crippen LogP contribution < -0.4 is 10.2 Å². The Morgan fingerprint density at radius 3 is 2.42 bits per heavy atom. The summed E-state index contributed by atoms with van der Waals surface area (Å²) in [7, 11) is 3.97. The number of anilines is 1. The van der Waals surface area contributed by atoms with E-state index in [1.807, 2.05) is 7.05 Å². The molecule has 1 aromatic carbocycles. The second-order valence-corrected chi connectivity index (χ2v) is 5.16. The van der Waals surface area contributed by atoms with E-state index in [0.29, 0.717) is 0 Å². The van der Waals surface area contributed by atoms with E-state index in [1.54, 1.807) is 0 Å². The van der Waals surface area contributed by atoms with Gasteiger partial charge in [-0.25, -0.2) is 0 Å². The van der Waals surface area contributed by atoms with Crippen LogP contribution in [-0.4, -0.2) is 26.2 Å². The van der Waals surface area contributed by atoms with Crippen molar-refractivity contribution in [2.24, 2.45) is 0 Å². The maximum atomic E-state index is 9.26. The SMILES string of the molecule is CCC(C#N)(CCCN(C)c1ccc(C)cc1)NC. The zero-order chi connectivity index (χ0) is 14.3. The van der Waals surface area contributed by atoms with Crippen molar-refractivity contribution in [3.63, 3.8) is 0 Å². The molecule has 104 valence electrons. The number of rotatable bonds is 7. The first-order valence-corrected chi connectivity index (χ1v) is 6.95. The summed E-state index contributed by atoms with van der Waals surface area (Å²) in [5.74, 6) is 0. The highest BCUT2D eigenvalue weighted by molar-refractivity contribution is 5.46. The third-order valence-corrected chi connectivity index (χ3v) is 3.87. The molecule has 0 aromatic heterocycles. The monoisotopic (exact) mass is 259 g/mol. The minimum atomic E-state index is -0.367. The second-order valence-electron chi connectivity index (χ2n) is 5.16. The van der Waals surface area contributed by atoms with Crippen LogP contribution in [0.2, 0.25) is 0 Å². The topological polar surface area (TPSA) is 39.1 Å². The van der Waals surface area contributed by atoms with Crippen molar-refractivity contribution < 1.29 is 0 Å². The molecule has 1 N–H and O–H groups in total. The van der Waals surface area contributed by atoms with E-state index >= 15 is 0 Å². The largest absolute Gasteiger partial charge is 0.375 e. The molecule has 0 amide bonds. The number of nitrogens with one attached hydrogen (secondary N) is 1. The number of nitrogens with zero attached hydrogens (tertiary/aromatic N) is 2. The van der Waals surface area contributed by atoms with Crippen LogP contribution in [0.1, 0.15) is 31.7 Å². The van der Waals surface area contributed by atoms with Gasteiger partial charge in [0.2, 0.25) is 0 Å². The average molecular weight is 259 g/mol. The highest BCUT2D eigenvalue weighted by Gasteiger charge is 2.24. The molecule has 3 heteroatoms. The van der Waals surface area contributed by atoms with Gasteiger partial charge >= 0.3 is 0 Å². The van der Waals surface area contributed by atoms with Gasteiger partial charge in [0.1, 0.15) is 5.54 Å². The molecular formula is C16H25N3. The van der Waals surface area contributed by atoms with Gasteiger partial charge in [0, 0.05) is 19.3 Å². The Hall–Kier alpha value is -1.53. The molecule has 0 saturated heterocycles. The summed E-state index contributed by atoms with van der Waals surface area (Å²) >= 11 is 0. The molecule has 19 heavy (non-hydrogen) atoms. The lowest BCUT2D eigenvalue weighted by atomic mass is 9.92. The summed E-state index contributed by atoms with van der Waals surface area (Å²) in [5, 5.41) is 12.4. The predicted molar refractivity (Wildman–Crippen MR) is 81.4 cm³/mol. The normalized spacial score (nSPS) is 13.6. The highest BCUT2D eigenvalue weighted by atomic mass is 15.1. The first-order valence-electron chi connectivity index (χ1n) is 6.95. The molecule has 0 aliphatic carbocycles. The fourth-order valence-electron chi connectivity index (χ4n) is 2.22. The summed E-state index contributed by atoms with van der Waals surface area (Å²) in [6.45, 7) is 5.12. The van der Waals surface area contributed by atoms with Gasteiger partial charge in [-0.3, -0.25) is 0 Å². The number of nitriles is 1. The summed E-state index contributed by atoms with van der Waals surface area (Å²) in [4.78, 5) is 2.24. The predicted octanol–water partition coefficient (Wildman–Crippen LogP) is 3.10. The fourth-order valence-corrected chi connectivity index (χ4v) is 2.22. The summed E-state index contributed by atoms with van der Waals surface area (Å²) in [5.41, 5.74) is 2.14. The first kappa shape index (κ1) is 15.5. The molecule has 1 atom stereocenters. The standard InChI is InChI=1S/C16H25N3/c1-5-16(13-17,18-3)11-6-12-19(4)15-9-7-14(2)8-10-15/h7-10,18H,5-6,11-12H2,1-4H3. The molecule has 1 aromatic rings. The summed E-state index contributed by atoms with van der Waals surface area (Å²) < 4.78 is 0. The second kappa shape index (κ2) is 7.16. The minimum Gasteiger partial charge on any atom is -0.375 e. The Bertz CT molecular complexity index is 413. The van der Waals surface area contributed by atoms with Crippen LogP contribution in [0.3, 0.4) is 0 Å². The number of benzene rings is 1. The smallest absolute Gasteiger partial charge is 0.106 e. The average Bonchev–Trinajstić information content (AvgIpc) is 2.45. The number of hydrogen-bond donors (Lipinski definition) is 1. The highest BCUT2D eigenvalue weighted by Crippen LogP contribution is 2.18. The molecule has 0 radical (unpaired) electrons. The summed E-state index contributed by atoms with van der Waals surface area (Å²) in [6, 6.07) is 11.0. The number of hydrogen-bond acceptors (Lipinski definition) is 3. The van der Waals surface area contributed by atoms with Gasteiger partial charge in [-0.15, -0.1) is 0 Å². The van der Waals surface area contributed by atoms with E-state index in [4.69, 9.17) is 0 Å². The van der Waals surface area contributed by atoms with E-state index in [9.17, 15) is 5.26 Å². The molecular weight excluding hydrogens is 234 g/mol. The maximum Gasteiger partial charge on any atom is 0.106 e. The van der Waals surface area contributed by atoms with Gasteiger partial charge in [-0.05, 0) is 45.4 Å². The molecule has 0 aliphatic rings. The lowest BCUT2D eigenvalue weighted by molar-refractivity contribution is 0.393. The van der Waals surface area contributed by atoms with E-state index in [1.165, 1.54) is 11.3 Å². The lowest BCUT2D eigenvalue weighted by Crippen LogP contribution is -2.41. The van der Waals surface area contributed by atoms with Crippen molar-refractivity contribution in [2.75, 3.05) is 25.5 Å². The molecule has 0 aliphatic heterocycles. The van der Waals surface area contributed by atoms with Crippen molar-refractivity contribution in [1.82, 2.24) is 5.32 Å². The van der Waals surface area contributed by atoms with Crippen LogP contribution in [-0.2, 0) is 0 Å². The molecule has 0 bridgehead atoms. The van der Waals surface area contributed by atoms with Crippen molar-refractivity contribution >= 4 is 5.69 Å². The molecule has 1 unspecified atom stereocenters. The Kier molecular flexibility index (Phi) is 5.85. The van der Waals surface area contributed by atoms with E-state index in [-0.39, 0.29) is 5.54 Å². The van der Waals surface area contributed by atoms with Gasteiger partial charge in [-0.2, -0.15) is 5.26 Å². The van der Waals surface area contributed by atoms with Crippen LogP contribution >= 0.6 is 0 Å². The molecule has 1 rings (SSSR count). The van der Waals surface area contributed by atoms with Crippen molar-refractivity contribution in [3.05, 3.63) is 29.8 Å². The summed E-state index contributed by atoms with van der Waals surface area (Å²) in [6.07, 6.45) is 2.73.